The number of amides is 3. The monoisotopic (exact) mass is 266 g/mol. The normalized spacial score (nSPS) is 20.5. The van der Waals surface area contributed by atoms with E-state index in [0.717, 1.165) is 0 Å². The van der Waals surface area contributed by atoms with Gasteiger partial charge in [0.15, 0.2) is 0 Å². The fourth-order valence-electron chi connectivity index (χ4n) is 2.20. The van der Waals surface area contributed by atoms with Crippen molar-refractivity contribution in [2.24, 2.45) is 0 Å². The first-order chi connectivity index (χ1) is 8.56. The second kappa shape index (κ2) is 4.98. The minimum absolute atomic E-state index is 0.0614. The Morgan fingerprint density at radius 3 is 2.61 bits per heavy atom. The Hall–Kier alpha value is -1.55. The first-order valence-corrected chi connectivity index (χ1v) is 6.32. The summed E-state index contributed by atoms with van der Waals surface area (Å²) < 4.78 is 0. The fourth-order valence-corrected chi connectivity index (χ4v) is 2.42. The Morgan fingerprint density at radius 1 is 1.33 bits per heavy atom. The van der Waals surface area contributed by atoms with E-state index >= 15 is 0 Å². The van der Waals surface area contributed by atoms with Crippen LogP contribution in [0.15, 0.2) is 24.3 Å². The topological polar surface area (TPSA) is 40.6 Å². The van der Waals surface area contributed by atoms with Gasteiger partial charge in [-0.15, -0.1) is 0 Å². The Labute approximate surface area is 111 Å². The number of para-hydroxylation sites is 1. The summed E-state index contributed by atoms with van der Waals surface area (Å²) in [5.74, 6) is -0.203. The highest BCUT2D eigenvalue weighted by molar-refractivity contribution is 6.35. The van der Waals surface area contributed by atoms with Crippen molar-refractivity contribution < 1.29 is 9.59 Å². The molecule has 96 valence electrons. The van der Waals surface area contributed by atoms with E-state index in [9.17, 15) is 9.59 Å². The molecule has 0 spiro atoms. The molecule has 4 nitrogen and oxygen atoms in total. The lowest BCUT2D eigenvalue weighted by atomic mass is 10.1. The van der Waals surface area contributed by atoms with Gasteiger partial charge in [0.05, 0.1) is 10.7 Å². The third-order valence-corrected chi connectivity index (χ3v) is 3.44. The van der Waals surface area contributed by atoms with Crippen LogP contribution in [0.3, 0.4) is 0 Å². The Balaban J connectivity index is 2.40. The van der Waals surface area contributed by atoms with Crippen molar-refractivity contribution in [2.75, 3.05) is 11.4 Å². The van der Waals surface area contributed by atoms with Gasteiger partial charge in [0, 0.05) is 19.0 Å². The molecule has 0 aliphatic carbocycles. The number of halogens is 1. The molecule has 0 bridgehead atoms. The van der Waals surface area contributed by atoms with Crippen molar-refractivity contribution in [3.05, 3.63) is 29.3 Å². The first kappa shape index (κ1) is 12.9. The summed E-state index contributed by atoms with van der Waals surface area (Å²) in [5.41, 5.74) is 0.458. The first-order valence-electron chi connectivity index (χ1n) is 5.94. The third kappa shape index (κ3) is 2.08. The Bertz CT molecular complexity index is 490. The molecule has 1 aromatic rings. The lowest BCUT2D eigenvalue weighted by molar-refractivity contribution is -0.120. The highest BCUT2D eigenvalue weighted by Crippen LogP contribution is 2.30. The van der Waals surface area contributed by atoms with Crippen LogP contribution in [-0.4, -0.2) is 29.4 Å². The molecule has 1 heterocycles. The Morgan fingerprint density at radius 2 is 2.00 bits per heavy atom. The Kier molecular flexibility index (Phi) is 3.57. The second-order valence-corrected chi connectivity index (χ2v) is 4.71. The van der Waals surface area contributed by atoms with Crippen LogP contribution in [0, 0.1) is 0 Å². The summed E-state index contributed by atoms with van der Waals surface area (Å²) in [6.45, 7) is 4.35. The standard InChI is InChI=1S/C13H15ClN2O2/c1-3-15-9(2)8-12(17)16(13(15)18)11-7-5-4-6-10(11)14/h4-7,9H,3,8H2,1-2H3. The van der Waals surface area contributed by atoms with Gasteiger partial charge in [-0.1, -0.05) is 23.7 Å². The van der Waals surface area contributed by atoms with Gasteiger partial charge in [0.25, 0.3) is 0 Å². The number of rotatable bonds is 2. The van der Waals surface area contributed by atoms with E-state index in [1.807, 2.05) is 13.8 Å². The third-order valence-electron chi connectivity index (χ3n) is 3.12. The number of urea groups is 1. The minimum Gasteiger partial charge on any atom is -0.321 e. The largest absolute Gasteiger partial charge is 0.331 e. The summed E-state index contributed by atoms with van der Waals surface area (Å²) >= 11 is 6.05. The number of anilines is 1. The predicted molar refractivity (Wildman–Crippen MR) is 70.8 cm³/mol. The lowest BCUT2D eigenvalue weighted by Crippen LogP contribution is -2.56. The number of carbonyl (C=O) groups is 2. The van der Waals surface area contributed by atoms with E-state index in [2.05, 4.69) is 0 Å². The van der Waals surface area contributed by atoms with Gasteiger partial charge in [-0.05, 0) is 26.0 Å². The molecule has 1 atom stereocenters. The van der Waals surface area contributed by atoms with Gasteiger partial charge >= 0.3 is 6.03 Å². The summed E-state index contributed by atoms with van der Waals surface area (Å²) in [4.78, 5) is 27.2. The van der Waals surface area contributed by atoms with Gasteiger partial charge < -0.3 is 4.90 Å². The highest BCUT2D eigenvalue weighted by Gasteiger charge is 2.37. The minimum atomic E-state index is -0.297. The number of benzene rings is 1. The molecule has 3 amide bonds. The zero-order chi connectivity index (χ0) is 13.3. The lowest BCUT2D eigenvalue weighted by Gasteiger charge is -2.38. The molecule has 1 aliphatic heterocycles. The number of hydrogen-bond acceptors (Lipinski definition) is 2. The molecule has 1 fully saturated rings. The van der Waals surface area contributed by atoms with Crippen LogP contribution in [-0.2, 0) is 4.79 Å². The molecule has 0 aromatic heterocycles. The summed E-state index contributed by atoms with van der Waals surface area (Å²) in [7, 11) is 0. The molecular weight excluding hydrogens is 252 g/mol. The van der Waals surface area contributed by atoms with Crippen molar-refractivity contribution >= 4 is 29.2 Å². The van der Waals surface area contributed by atoms with Gasteiger partial charge in [-0.3, -0.25) is 4.79 Å². The molecular formula is C13H15ClN2O2. The molecule has 2 rings (SSSR count). The van der Waals surface area contributed by atoms with Gasteiger partial charge in [-0.2, -0.15) is 0 Å². The zero-order valence-electron chi connectivity index (χ0n) is 10.4. The number of hydrogen-bond donors (Lipinski definition) is 0. The van der Waals surface area contributed by atoms with Crippen LogP contribution < -0.4 is 4.90 Å². The fraction of sp³-hybridized carbons (Fsp3) is 0.385. The number of carbonyl (C=O) groups excluding carboxylic acids is 2. The van der Waals surface area contributed by atoms with Crippen LogP contribution in [0.4, 0.5) is 10.5 Å². The van der Waals surface area contributed by atoms with E-state index in [1.165, 1.54) is 4.90 Å². The molecule has 18 heavy (non-hydrogen) atoms. The molecule has 0 saturated carbocycles. The van der Waals surface area contributed by atoms with E-state index in [-0.39, 0.29) is 18.0 Å². The average Bonchev–Trinajstić information content (AvgIpc) is 2.31. The van der Waals surface area contributed by atoms with Crippen LogP contribution >= 0.6 is 11.6 Å². The average molecular weight is 267 g/mol. The van der Waals surface area contributed by atoms with E-state index in [4.69, 9.17) is 11.6 Å². The second-order valence-electron chi connectivity index (χ2n) is 4.30. The van der Waals surface area contributed by atoms with E-state index in [1.54, 1.807) is 29.2 Å². The van der Waals surface area contributed by atoms with Crippen molar-refractivity contribution in [3.63, 3.8) is 0 Å². The number of imide groups is 1. The molecule has 5 heteroatoms. The molecule has 1 saturated heterocycles. The molecule has 1 unspecified atom stereocenters. The molecule has 1 aliphatic rings. The van der Waals surface area contributed by atoms with Crippen molar-refractivity contribution in [2.45, 2.75) is 26.3 Å². The maximum atomic E-state index is 12.3. The quantitative estimate of drug-likeness (QED) is 0.826. The van der Waals surface area contributed by atoms with Crippen molar-refractivity contribution in [3.8, 4) is 0 Å². The van der Waals surface area contributed by atoms with Gasteiger partial charge in [0.1, 0.15) is 0 Å². The van der Waals surface area contributed by atoms with Crippen LogP contribution in [0.25, 0.3) is 0 Å². The molecule has 0 radical (unpaired) electrons. The highest BCUT2D eigenvalue weighted by atomic mass is 35.5. The molecule has 0 N–H and O–H groups in total. The maximum Gasteiger partial charge on any atom is 0.331 e. The maximum absolute atomic E-state index is 12.3. The predicted octanol–water partition coefficient (Wildman–Crippen LogP) is 2.91. The summed E-state index contributed by atoms with van der Waals surface area (Å²) in [5, 5.41) is 0.407. The molecule has 1 aromatic carbocycles. The van der Waals surface area contributed by atoms with Gasteiger partial charge in [-0.25, -0.2) is 9.69 Å². The van der Waals surface area contributed by atoms with E-state index in [0.29, 0.717) is 23.7 Å². The zero-order valence-corrected chi connectivity index (χ0v) is 11.1. The summed E-state index contributed by atoms with van der Waals surface area (Å²) in [6.07, 6.45) is 0.324. The smallest absolute Gasteiger partial charge is 0.321 e. The van der Waals surface area contributed by atoms with Crippen LogP contribution in [0.1, 0.15) is 20.3 Å². The van der Waals surface area contributed by atoms with Crippen LogP contribution in [0.2, 0.25) is 5.02 Å². The van der Waals surface area contributed by atoms with Crippen molar-refractivity contribution in [1.82, 2.24) is 4.90 Å². The van der Waals surface area contributed by atoms with E-state index < -0.39 is 0 Å². The van der Waals surface area contributed by atoms with Crippen LogP contribution in [0.5, 0.6) is 0 Å². The number of nitrogens with zero attached hydrogens (tertiary/aromatic N) is 2. The summed E-state index contributed by atoms with van der Waals surface area (Å²) in [6, 6.07) is 6.53. The SMILES string of the molecule is CCN1C(=O)N(c2ccccc2Cl)C(=O)CC1C. The van der Waals surface area contributed by atoms with Gasteiger partial charge in [0.2, 0.25) is 5.91 Å². The van der Waals surface area contributed by atoms with Crippen molar-refractivity contribution in [1.29, 1.82) is 0 Å².